The molecular formula is C20H23FN2O2. The molecule has 132 valence electrons. The molecule has 2 aliphatic heterocycles. The summed E-state index contributed by atoms with van der Waals surface area (Å²) in [6, 6.07) is 10.6. The van der Waals surface area contributed by atoms with Crippen LogP contribution in [0.4, 0.5) is 4.39 Å². The minimum absolute atomic E-state index is 0.00110. The van der Waals surface area contributed by atoms with E-state index in [2.05, 4.69) is 11.8 Å². The van der Waals surface area contributed by atoms with Crippen molar-refractivity contribution in [1.82, 2.24) is 9.80 Å². The molecule has 0 unspecified atom stereocenters. The van der Waals surface area contributed by atoms with Crippen molar-refractivity contribution in [2.45, 2.75) is 13.0 Å². The first-order valence-corrected chi connectivity index (χ1v) is 8.93. The van der Waals surface area contributed by atoms with E-state index in [1.54, 1.807) is 18.2 Å². The molecule has 2 saturated heterocycles. The number of halogens is 1. The number of ether oxygens (including phenoxy) is 1. The SMILES string of the molecule is C[C@H]1CN(C(=O)c2ccc(F)c3ccccc23)C[C@@H]1N1CCOCC1. The minimum atomic E-state index is -0.284. The molecule has 2 heterocycles. The number of likely N-dealkylation sites (tertiary alicyclic amines) is 1. The van der Waals surface area contributed by atoms with Gasteiger partial charge in [-0.15, -0.1) is 0 Å². The zero-order valence-corrected chi connectivity index (χ0v) is 14.5. The maximum Gasteiger partial charge on any atom is 0.254 e. The van der Waals surface area contributed by atoms with Gasteiger partial charge < -0.3 is 9.64 Å². The molecule has 0 spiro atoms. The monoisotopic (exact) mass is 342 g/mol. The summed E-state index contributed by atoms with van der Waals surface area (Å²) in [5, 5.41) is 1.19. The number of rotatable bonds is 2. The van der Waals surface area contributed by atoms with E-state index in [4.69, 9.17) is 4.74 Å². The molecule has 0 aromatic heterocycles. The number of nitrogens with zero attached hydrogens (tertiary/aromatic N) is 2. The third kappa shape index (κ3) is 3.02. The first-order chi connectivity index (χ1) is 12.1. The van der Waals surface area contributed by atoms with Crippen LogP contribution >= 0.6 is 0 Å². The summed E-state index contributed by atoms with van der Waals surface area (Å²) in [5.74, 6) is 0.140. The van der Waals surface area contributed by atoms with E-state index in [-0.39, 0.29) is 11.7 Å². The molecule has 5 heteroatoms. The molecular weight excluding hydrogens is 319 g/mol. The van der Waals surface area contributed by atoms with Crippen LogP contribution in [-0.2, 0) is 4.74 Å². The summed E-state index contributed by atoms with van der Waals surface area (Å²) in [7, 11) is 0. The fourth-order valence-corrected chi connectivity index (χ4v) is 4.12. The number of fused-ring (bicyclic) bond motifs is 1. The van der Waals surface area contributed by atoms with E-state index in [1.165, 1.54) is 6.07 Å². The Hall–Kier alpha value is -1.98. The van der Waals surface area contributed by atoms with Crippen LogP contribution in [0, 0.1) is 11.7 Å². The summed E-state index contributed by atoms with van der Waals surface area (Å²) in [6.45, 7) is 7.06. The smallest absolute Gasteiger partial charge is 0.254 e. The average molecular weight is 342 g/mol. The van der Waals surface area contributed by atoms with Gasteiger partial charge in [0.1, 0.15) is 5.82 Å². The van der Waals surface area contributed by atoms with Gasteiger partial charge in [0.15, 0.2) is 0 Å². The summed E-state index contributed by atoms with van der Waals surface area (Å²) >= 11 is 0. The first-order valence-electron chi connectivity index (χ1n) is 8.93. The first kappa shape index (κ1) is 16.5. The Bertz CT molecular complexity index is 788. The molecule has 0 saturated carbocycles. The van der Waals surface area contributed by atoms with Crippen molar-refractivity contribution in [3.05, 3.63) is 47.8 Å². The highest BCUT2D eigenvalue weighted by Crippen LogP contribution is 2.27. The van der Waals surface area contributed by atoms with Gasteiger partial charge in [0.25, 0.3) is 5.91 Å². The second-order valence-electron chi connectivity index (χ2n) is 7.04. The van der Waals surface area contributed by atoms with Crippen LogP contribution in [0.2, 0.25) is 0 Å². The standard InChI is InChI=1S/C20H23FN2O2/c1-14-12-23(13-19(14)22-8-10-25-11-9-22)20(24)17-6-7-18(21)16-5-3-2-4-15(16)17/h2-7,14,19H,8-13H2,1H3/t14-,19-/m0/s1. The van der Waals surface area contributed by atoms with Crippen molar-refractivity contribution in [3.63, 3.8) is 0 Å². The predicted octanol–water partition coefficient (Wildman–Crippen LogP) is 2.77. The third-order valence-corrected chi connectivity index (χ3v) is 5.48. The van der Waals surface area contributed by atoms with Crippen molar-refractivity contribution in [1.29, 1.82) is 0 Å². The van der Waals surface area contributed by atoms with Gasteiger partial charge in [-0.3, -0.25) is 9.69 Å². The summed E-state index contributed by atoms with van der Waals surface area (Å²) in [5.41, 5.74) is 0.590. The highest BCUT2D eigenvalue weighted by molar-refractivity contribution is 6.07. The Labute approximate surface area is 147 Å². The van der Waals surface area contributed by atoms with Gasteiger partial charge in [-0.2, -0.15) is 0 Å². The Morgan fingerprint density at radius 2 is 1.80 bits per heavy atom. The quantitative estimate of drug-likeness (QED) is 0.841. The van der Waals surface area contributed by atoms with Crippen LogP contribution in [0.1, 0.15) is 17.3 Å². The largest absolute Gasteiger partial charge is 0.379 e. The second kappa shape index (κ2) is 6.73. The lowest BCUT2D eigenvalue weighted by Crippen LogP contribution is -2.47. The molecule has 0 bridgehead atoms. The van der Waals surface area contributed by atoms with Crippen molar-refractivity contribution < 1.29 is 13.9 Å². The zero-order chi connectivity index (χ0) is 17.4. The summed E-state index contributed by atoms with van der Waals surface area (Å²) in [4.78, 5) is 17.5. The number of hydrogen-bond acceptors (Lipinski definition) is 3. The topological polar surface area (TPSA) is 32.8 Å². The summed E-state index contributed by atoms with van der Waals surface area (Å²) in [6.07, 6.45) is 0. The molecule has 4 nitrogen and oxygen atoms in total. The number of amides is 1. The summed E-state index contributed by atoms with van der Waals surface area (Å²) < 4.78 is 19.5. The number of hydrogen-bond donors (Lipinski definition) is 0. The zero-order valence-electron chi connectivity index (χ0n) is 14.5. The molecule has 2 aliphatic rings. The molecule has 2 aromatic carbocycles. The number of carbonyl (C=O) groups excluding carboxylic acids is 1. The third-order valence-electron chi connectivity index (χ3n) is 5.48. The molecule has 25 heavy (non-hydrogen) atoms. The van der Waals surface area contributed by atoms with E-state index in [0.717, 1.165) is 39.4 Å². The molecule has 1 amide bonds. The van der Waals surface area contributed by atoms with Crippen molar-refractivity contribution in [2.75, 3.05) is 39.4 Å². The van der Waals surface area contributed by atoms with Gasteiger partial charge in [0, 0.05) is 43.2 Å². The molecule has 4 rings (SSSR count). The predicted molar refractivity (Wildman–Crippen MR) is 95.2 cm³/mol. The van der Waals surface area contributed by atoms with Crippen LogP contribution in [-0.4, -0.2) is 61.1 Å². The maximum atomic E-state index is 14.0. The molecule has 2 fully saturated rings. The number of benzene rings is 2. The van der Waals surface area contributed by atoms with Crippen LogP contribution in [0.25, 0.3) is 10.8 Å². The van der Waals surface area contributed by atoms with Crippen molar-refractivity contribution in [3.8, 4) is 0 Å². The highest BCUT2D eigenvalue weighted by atomic mass is 19.1. The van der Waals surface area contributed by atoms with Crippen molar-refractivity contribution >= 4 is 16.7 Å². The van der Waals surface area contributed by atoms with E-state index < -0.39 is 0 Å². The molecule has 2 aromatic rings. The van der Waals surface area contributed by atoms with E-state index in [1.807, 2.05) is 17.0 Å². The fraction of sp³-hybridized carbons (Fsp3) is 0.450. The lowest BCUT2D eigenvalue weighted by atomic mass is 10.0. The number of morpholine rings is 1. The molecule has 2 atom stereocenters. The van der Waals surface area contributed by atoms with Gasteiger partial charge in [0.05, 0.1) is 13.2 Å². The van der Waals surface area contributed by atoms with Gasteiger partial charge in [-0.25, -0.2) is 4.39 Å². The van der Waals surface area contributed by atoms with Crippen LogP contribution < -0.4 is 0 Å². The van der Waals surface area contributed by atoms with Crippen LogP contribution in [0.5, 0.6) is 0 Å². The van der Waals surface area contributed by atoms with E-state index in [0.29, 0.717) is 28.3 Å². The average Bonchev–Trinajstić information content (AvgIpc) is 3.04. The Kier molecular flexibility index (Phi) is 4.44. The molecule has 0 aliphatic carbocycles. The lowest BCUT2D eigenvalue weighted by Gasteiger charge is -2.34. The van der Waals surface area contributed by atoms with E-state index in [9.17, 15) is 9.18 Å². The van der Waals surface area contributed by atoms with Gasteiger partial charge >= 0.3 is 0 Å². The number of carbonyl (C=O) groups is 1. The Morgan fingerprint density at radius 3 is 2.56 bits per heavy atom. The minimum Gasteiger partial charge on any atom is -0.379 e. The Morgan fingerprint density at radius 1 is 1.08 bits per heavy atom. The maximum absolute atomic E-state index is 14.0. The van der Waals surface area contributed by atoms with Crippen LogP contribution in [0.15, 0.2) is 36.4 Å². The van der Waals surface area contributed by atoms with Gasteiger partial charge in [-0.05, 0) is 23.4 Å². The Balaban J connectivity index is 1.59. The van der Waals surface area contributed by atoms with E-state index >= 15 is 0 Å². The van der Waals surface area contributed by atoms with Crippen molar-refractivity contribution in [2.24, 2.45) is 5.92 Å². The fourth-order valence-electron chi connectivity index (χ4n) is 4.12. The molecule has 0 radical (unpaired) electrons. The second-order valence-corrected chi connectivity index (χ2v) is 7.04. The normalized spacial score (nSPS) is 24.8. The highest BCUT2D eigenvalue weighted by Gasteiger charge is 2.37. The lowest BCUT2D eigenvalue weighted by molar-refractivity contribution is 0.0119. The molecule has 0 N–H and O–H groups in total. The van der Waals surface area contributed by atoms with Gasteiger partial charge in [0.2, 0.25) is 0 Å². The van der Waals surface area contributed by atoms with Crippen LogP contribution in [0.3, 0.4) is 0 Å². The van der Waals surface area contributed by atoms with Gasteiger partial charge in [-0.1, -0.05) is 31.2 Å².